The molecular formula is C12H16ClN5O. The van der Waals surface area contributed by atoms with Crippen LogP contribution in [0.25, 0.3) is 11.0 Å². The lowest BCUT2D eigenvalue weighted by atomic mass is 10.1. The number of hydrogen-bond donors (Lipinski definition) is 1. The summed E-state index contributed by atoms with van der Waals surface area (Å²) in [5.41, 5.74) is 0.682. The zero-order valence-corrected chi connectivity index (χ0v) is 11.5. The van der Waals surface area contributed by atoms with Crippen molar-refractivity contribution in [1.82, 2.24) is 20.2 Å². The number of nitrogens with one attached hydrogen (secondary N) is 1. The van der Waals surface area contributed by atoms with E-state index in [-0.39, 0.29) is 5.28 Å². The van der Waals surface area contributed by atoms with Crippen LogP contribution in [0.2, 0.25) is 5.28 Å². The van der Waals surface area contributed by atoms with Gasteiger partial charge in [0.15, 0.2) is 5.65 Å². The van der Waals surface area contributed by atoms with Gasteiger partial charge in [0.25, 0.3) is 0 Å². The van der Waals surface area contributed by atoms with Crippen LogP contribution in [-0.2, 0) is 4.74 Å². The number of aromatic nitrogens is 4. The van der Waals surface area contributed by atoms with Crippen LogP contribution in [0.3, 0.4) is 0 Å². The second-order valence-corrected chi connectivity index (χ2v) is 4.93. The Morgan fingerprint density at radius 3 is 2.95 bits per heavy atom. The van der Waals surface area contributed by atoms with Gasteiger partial charge in [0.2, 0.25) is 5.28 Å². The van der Waals surface area contributed by atoms with Gasteiger partial charge < -0.3 is 9.64 Å². The molecule has 2 aromatic rings. The van der Waals surface area contributed by atoms with E-state index in [1.807, 2.05) is 6.92 Å². The standard InChI is InChI=1S/C12H16ClN5O/c1-2-19-8-3-5-18(6-4-8)11-9-7-14-17-10(9)15-12(13)16-11/h7-8H,2-6H2,1H3,(H,14,15,16,17). The quantitative estimate of drug-likeness (QED) is 0.872. The van der Waals surface area contributed by atoms with Crippen molar-refractivity contribution in [2.45, 2.75) is 25.9 Å². The minimum atomic E-state index is 0.249. The van der Waals surface area contributed by atoms with E-state index in [1.165, 1.54) is 0 Å². The molecule has 0 saturated carbocycles. The number of H-pyrrole nitrogens is 1. The molecule has 0 aromatic carbocycles. The van der Waals surface area contributed by atoms with Gasteiger partial charge in [-0.1, -0.05) is 0 Å². The van der Waals surface area contributed by atoms with Crippen LogP contribution in [0.15, 0.2) is 6.20 Å². The van der Waals surface area contributed by atoms with Crippen molar-refractivity contribution in [1.29, 1.82) is 0 Å². The van der Waals surface area contributed by atoms with E-state index in [9.17, 15) is 0 Å². The first-order valence-corrected chi connectivity index (χ1v) is 6.89. The van der Waals surface area contributed by atoms with Gasteiger partial charge in [0.05, 0.1) is 17.7 Å². The number of nitrogens with zero attached hydrogens (tertiary/aromatic N) is 4. The molecule has 1 N–H and O–H groups in total. The van der Waals surface area contributed by atoms with Crippen LogP contribution in [0.1, 0.15) is 19.8 Å². The van der Waals surface area contributed by atoms with Crippen LogP contribution in [0, 0.1) is 0 Å². The van der Waals surface area contributed by atoms with Crippen molar-refractivity contribution in [2.24, 2.45) is 0 Å². The fourth-order valence-electron chi connectivity index (χ4n) is 2.50. The van der Waals surface area contributed by atoms with Gasteiger partial charge in [-0.05, 0) is 31.4 Å². The molecular weight excluding hydrogens is 266 g/mol. The lowest BCUT2D eigenvalue weighted by Crippen LogP contribution is -2.37. The third kappa shape index (κ3) is 2.50. The fraction of sp³-hybridized carbons (Fsp3) is 0.583. The lowest BCUT2D eigenvalue weighted by molar-refractivity contribution is 0.0459. The molecule has 0 spiro atoms. The first-order chi connectivity index (χ1) is 9.28. The summed E-state index contributed by atoms with van der Waals surface area (Å²) >= 11 is 5.96. The second kappa shape index (κ2) is 5.30. The lowest BCUT2D eigenvalue weighted by Gasteiger charge is -2.32. The van der Waals surface area contributed by atoms with Gasteiger partial charge in [-0.3, -0.25) is 5.10 Å². The largest absolute Gasteiger partial charge is 0.378 e. The molecule has 7 heteroatoms. The first-order valence-electron chi connectivity index (χ1n) is 6.51. The number of piperidine rings is 1. The number of rotatable bonds is 3. The number of ether oxygens (including phenoxy) is 1. The summed E-state index contributed by atoms with van der Waals surface area (Å²) < 4.78 is 5.66. The molecule has 1 aliphatic rings. The maximum absolute atomic E-state index is 5.96. The number of fused-ring (bicyclic) bond motifs is 1. The second-order valence-electron chi connectivity index (χ2n) is 4.59. The van der Waals surface area contributed by atoms with Gasteiger partial charge in [0.1, 0.15) is 5.82 Å². The van der Waals surface area contributed by atoms with Crippen molar-refractivity contribution < 1.29 is 4.74 Å². The van der Waals surface area contributed by atoms with Crippen molar-refractivity contribution >= 4 is 28.5 Å². The van der Waals surface area contributed by atoms with Crippen LogP contribution in [-0.4, -0.2) is 46.0 Å². The molecule has 0 unspecified atom stereocenters. The highest BCUT2D eigenvalue weighted by Gasteiger charge is 2.22. The third-order valence-electron chi connectivity index (χ3n) is 3.41. The van der Waals surface area contributed by atoms with Crippen molar-refractivity contribution in [2.75, 3.05) is 24.6 Å². The molecule has 1 aliphatic heterocycles. The zero-order valence-electron chi connectivity index (χ0n) is 10.8. The molecule has 0 aliphatic carbocycles. The Hall–Kier alpha value is -1.40. The normalized spacial score (nSPS) is 17.3. The summed E-state index contributed by atoms with van der Waals surface area (Å²) in [5, 5.41) is 8.00. The Morgan fingerprint density at radius 2 is 2.21 bits per heavy atom. The maximum Gasteiger partial charge on any atom is 0.226 e. The summed E-state index contributed by atoms with van der Waals surface area (Å²) in [4.78, 5) is 10.7. The summed E-state index contributed by atoms with van der Waals surface area (Å²) in [7, 11) is 0. The van der Waals surface area contributed by atoms with E-state index in [1.54, 1.807) is 6.20 Å². The van der Waals surface area contributed by atoms with Crippen LogP contribution in [0.5, 0.6) is 0 Å². The number of hydrogen-bond acceptors (Lipinski definition) is 5. The highest BCUT2D eigenvalue weighted by atomic mass is 35.5. The molecule has 19 heavy (non-hydrogen) atoms. The summed E-state index contributed by atoms with van der Waals surface area (Å²) in [6.07, 6.45) is 4.12. The molecule has 3 rings (SSSR count). The first kappa shape index (κ1) is 12.6. The Kier molecular flexibility index (Phi) is 3.52. The summed E-state index contributed by atoms with van der Waals surface area (Å²) in [6, 6.07) is 0. The van der Waals surface area contributed by atoms with E-state index in [0.29, 0.717) is 11.8 Å². The smallest absolute Gasteiger partial charge is 0.226 e. The van der Waals surface area contributed by atoms with E-state index < -0.39 is 0 Å². The molecule has 0 amide bonds. The van der Waals surface area contributed by atoms with Gasteiger partial charge in [-0.2, -0.15) is 15.1 Å². The van der Waals surface area contributed by atoms with Crippen molar-refractivity contribution in [3.63, 3.8) is 0 Å². The molecule has 1 saturated heterocycles. The van der Waals surface area contributed by atoms with Gasteiger partial charge in [-0.15, -0.1) is 0 Å². The molecule has 0 radical (unpaired) electrons. The molecule has 0 bridgehead atoms. The van der Waals surface area contributed by atoms with Gasteiger partial charge in [0, 0.05) is 19.7 Å². The zero-order chi connectivity index (χ0) is 13.2. The number of anilines is 1. The predicted molar refractivity (Wildman–Crippen MR) is 73.6 cm³/mol. The average Bonchev–Trinajstić information content (AvgIpc) is 2.87. The average molecular weight is 282 g/mol. The Bertz CT molecular complexity index is 564. The van der Waals surface area contributed by atoms with Crippen molar-refractivity contribution in [3.05, 3.63) is 11.5 Å². The molecule has 0 atom stereocenters. The molecule has 102 valence electrons. The highest BCUT2D eigenvalue weighted by molar-refractivity contribution is 6.28. The SMILES string of the molecule is CCOC1CCN(c2nc(Cl)nc3[nH]ncc23)CC1. The van der Waals surface area contributed by atoms with E-state index in [0.717, 1.165) is 43.7 Å². The monoisotopic (exact) mass is 281 g/mol. The van der Waals surface area contributed by atoms with Crippen molar-refractivity contribution in [3.8, 4) is 0 Å². The van der Waals surface area contributed by atoms with E-state index in [4.69, 9.17) is 16.3 Å². The molecule has 6 nitrogen and oxygen atoms in total. The summed E-state index contributed by atoms with van der Waals surface area (Å²) in [6.45, 7) is 4.64. The van der Waals surface area contributed by atoms with Crippen LogP contribution in [0.4, 0.5) is 5.82 Å². The highest BCUT2D eigenvalue weighted by Crippen LogP contribution is 2.27. The predicted octanol–water partition coefficient (Wildman–Crippen LogP) is 2.01. The maximum atomic E-state index is 5.96. The third-order valence-corrected chi connectivity index (χ3v) is 3.58. The number of halogens is 1. The molecule has 1 fully saturated rings. The minimum absolute atomic E-state index is 0.249. The minimum Gasteiger partial charge on any atom is -0.378 e. The van der Waals surface area contributed by atoms with Crippen LogP contribution >= 0.6 is 11.6 Å². The van der Waals surface area contributed by atoms with E-state index in [2.05, 4.69) is 25.1 Å². The van der Waals surface area contributed by atoms with E-state index >= 15 is 0 Å². The molecule has 2 aromatic heterocycles. The number of aromatic amines is 1. The Morgan fingerprint density at radius 1 is 1.42 bits per heavy atom. The Labute approximate surface area is 116 Å². The topological polar surface area (TPSA) is 66.9 Å². The van der Waals surface area contributed by atoms with Crippen LogP contribution < -0.4 is 4.90 Å². The summed E-state index contributed by atoms with van der Waals surface area (Å²) in [5.74, 6) is 0.860. The fourth-order valence-corrected chi connectivity index (χ4v) is 2.67. The Balaban J connectivity index is 1.83. The molecule has 3 heterocycles. The van der Waals surface area contributed by atoms with Gasteiger partial charge in [-0.25, -0.2) is 0 Å². The van der Waals surface area contributed by atoms with Gasteiger partial charge >= 0.3 is 0 Å².